The Balaban J connectivity index is 1.63. The van der Waals surface area contributed by atoms with Crippen LogP contribution in [0, 0.1) is 11.8 Å². The van der Waals surface area contributed by atoms with Crippen LogP contribution in [0.2, 0.25) is 0 Å². The fourth-order valence-electron chi connectivity index (χ4n) is 3.48. The molecule has 3 atom stereocenters. The molecular weight excluding hydrogens is 252 g/mol. The Bertz CT molecular complexity index is 489. The van der Waals surface area contributed by atoms with Gasteiger partial charge in [0, 0.05) is 18.8 Å². The van der Waals surface area contributed by atoms with Gasteiger partial charge in [0.25, 0.3) is 0 Å². The molecule has 1 heterocycles. The minimum Gasteiger partial charge on any atom is -0.389 e. The first-order chi connectivity index (χ1) is 9.63. The van der Waals surface area contributed by atoms with Gasteiger partial charge in [-0.25, -0.2) is 4.79 Å². The third-order valence-corrected chi connectivity index (χ3v) is 4.63. The third-order valence-electron chi connectivity index (χ3n) is 4.63. The highest BCUT2D eigenvalue weighted by atomic mass is 16.3. The molecule has 0 aromatic heterocycles. The standard InChI is InChI=1S/C16H22N2O2/c1-11(19)12-4-3-7-15(8-12)17-16(20)18-9-13-5-2-6-14(13)10-18/h3-4,7-8,11,13-14,19H,2,5-6,9-10H2,1H3,(H,17,20). The molecule has 3 unspecified atom stereocenters. The van der Waals surface area contributed by atoms with Crippen molar-refractivity contribution in [2.45, 2.75) is 32.3 Å². The van der Waals surface area contributed by atoms with Crippen molar-refractivity contribution in [2.24, 2.45) is 11.8 Å². The SMILES string of the molecule is CC(O)c1cccc(NC(=O)N2CC3CCCC3C2)c1. The summed E-state index contributed by atoms with van der Waals surface area (Å²) in [5, 5.41) is 12.5. The van der Waals surface area contributed by atoms with Gasteiger partial charge in [-0.05, 0) is 49.3 Å². The maximum Gasteiger partial charge on any atom is 0.321 e. The Labute approximate surface area is 119 Å². The predicted octanol–water partition coefficient (Wildman–Crippen LogP) is 3.00. The highest BCUT2D eigenvalue weighted by Crippen LogP contribution is 2.37. The number of hydrogen-bond acceptors (Lipinski definition) is 2. The summed E-state index contributed by atoms with van der Waals surface area (Å²) in [6.07, 6.45) is 3.34. The van der Waals surface area contributed by atoms with E-state index in [9.17, 15) is 9.90 Å². The molecule has 1 aromatic carbocycles. The van der Waals surface area contributed by atoms with Crippen LogP contribution in [0.3, 0.4) is 0 Å². The van der Waals surface area contributed by atoms with E-state index in [-0.39, 0.29) is 6.03 Å². The number of amides is 2. The summed E-state index contributed by atoms with van der Waals surface area (Å²) in [4.78, 5) is 14.2. The van der Waals surface area contributed by atoms with Crippen molar-refractivity contribution in [1.29, 1.82) is 0 Å². The number of carbonyl (C=O) groups is 1. The summed E-state index contributed by atoms with van der Waals surface area (Å²) >= 11 is 0. The monoisotopic (exact) mass is 274 g/mol. The van der Waals surface area contributed by atoms with Gasteiger partial charge in [-0.3, -0.25) is 0 Å². The maximum absolute atomic E-state index is 12.3. The largest absolute Gasteiger partial charge is 0.389 e. The second-order valence-electron chi connectivity index (χ2n) is 6.09. The molecule has 2 amide bonds. The molecule has 4 heteroatoms. The van der Waals surface area contributed by atoms with E-state index >= 15 is 0 Å². The van der Waals surface area contributed by atoms with E-state index in [0.29, 0.717) is 11.8 Å². The highest BCUT2D eigenvalue weighted by Gasteiger charge is 2.37. The van der Waals surface area contributed by atoms with Crippen LogP contribution in [0.4, 0.5) is 10.5 Å². The van der Waals surface area contributed by atoms with Gasteiger partial charge in [0.2, 0.25) is 0 Å². The molecule has 1 saturated carbocycles. The molecule has 1 aliphatic carbocycles. The minimum atomic E-state index is -0.516. The number of hydrogen-bond donors (Lipinski definition) is 2. The van der Waals surface area contributed by atoms with Crippen molar-refractivity contribution in [3.8, 4) is 0 Å². The van der Waals surface area contributed by atoms with E-state index in [1.54, 1.807) is 6.92 Å². The van der Waals surface area contributed by atoms with Crippen molar-refractivity contribution < 1.29 is 9.90 Å². The van der Waals surface area contributed by atoms with Crippen LogP contribution in [0.15, 0.2) is 24.3 Å². The van der Waals surface area contributed by atoms with Gasteiger partial charge in [-0.1, -0.05) is 18.6 Å². The summed E-state index contributed by atoms with van der Waals surface area (Å²) in [6, 6.07) is 7.40. The zero-order chi connectivity index (χ0) is 14.1. The maximum atomic E-state index is 12.3. The molecule has 4 nitrogen and oxygen atoms in total. The van der Waals surface area contributed by atoms with Crippen molar-refractivity contribution >= 4 is 11.7 Å². The summed E-state index contributed by atoms with van der Waals surface area (Å²) in [6.45, 7) is 3.52. The average molecular weight is 274 g/mol. The van der Waals surface area contributed by atoms with Crippen LogP contribution in [0.25, 0.3) is 0 Å². The van der Waals surface area contributed by atoms with Crippen molar-refractivity contribution in [2.75, 3.05) is 18.4 Å². The van der Waals surface area contributed by atoms with Crippen LogP contribution in [-0.2, 0) is 0 Å². The van der Waals surface area contributed by atoms with Crippen molar-refractivity contribution in [1.82, 2.24) is 4.90 Å². The normalized spacial score (nSPS) is 26.4. The van der Waals surface area contributed by atoms with Gasteiger partial charge in [0.15, 0.2) is 0 Å². The second-order valence-corrected chi connectivity index (χ2v) is 6.09. The van der Waals surface area contributed by atoms with E-state index < -0.39 is 6.10 Å². The lowest BCUT2D eigenvalue weighted by Crippen LogP contribution is -2.33. The number of nitrogens with zero attached hydrogens (tertiary/aromatic N) is 1. The smallest absolute Gasteiger partial charge is 0.321 e. The summed E-state index contributed by atoms with van der Waals surface area (Å²) in [5.74, 6) is 1.43. The molecule has 1 aliphatic heterocycles. The van der Waals surface area contributed by atoms with Crippen LogP contribution >= 0.6 is 0 Å². The number of rotatable bonds is 2. The number of fused-ring (bicyclic) bond motifs is 1. The van der Waals surface area contributed by atoms with Gasteiger partial charge in [-0.15, -0.1) is 0 Å². The summed E-state index contributed by atoms with van der Waals surface area (Å²) < 4.78 is 0. The molecule has 1 aromatic rings. The van der Waals surface area contributed by atoms with Crippen LogP contribution in [0.5, 0.6) is 0 Å². The number of aliphatic hydroxyl groups is 1. The highest BCUT2D eigenvalue weighted by molar-refractivity contribution is 5.89. The number of aliphatic hydroxyl groups excluding tert-OH is 1. The Kier molecular flexibility index (Phi) is 3.66. The first kappa shape index (κ1) is 13.4. The molecule has 2 aliphatic rings. The van der Waals surface area contributed by atoms with Crippen LogP contribution in [0.1, 0.15) is 37.9 Å². The van der Waals surface area contributed by atoms with E-state index in [0.717, 1.165) is 24.3 Å². The minimum absolute atomic E-state index is 0.0119. The lowest BCUT2D eigenvalue weighted by atomic mass is 10.0. The van der Waals surface area contributed by atoms with Gasteiger partial charge in [-0.2, -0.15) is 0 Å². The average Bonchev–Trinajstić information content (AvgIpc) is 2.99. The molecular formula is C16H22N2O2. The van der Waals surface area contributed by atoms with Crippen molar-refractivity contribution in [3.63, 3.8) is 0 Å². The number of anilines is 1. The van der Waals surface area contributed by atoms with Gasteiger partial charge in [0.05, 0.1) is 6.10 Å². The Hall–Kier alpha value is -1.55. The Morgan fingerprint density at radius 1 is 1.35 bits per heavy atom. The molecule has 2 fully saturated rings. The van der Waals surface area contributed by atoms with E-state index in [4.69, 9.17) is 0 Å². The van der Waals surface area contributed by atoms with Crippen LogP contribution in [-0.4, -0.2) is 29.1 Å². The zero-order valence-electron chi connectivity index (χ0n) is 11.9. The molecule has 0 radical (unpaired) electrons. The molecule has 20 heavy (non-hydrogen) atoms. The molecule has 0 spiro atoms. The quantitative estimate of drug-likeness (QED) is 0.871. The Morgan fingerprint density at radius 3 is 2.70 bits per heavy atom. The fourth-order valence-corrected chi connectivity index (χ4v) is 3.48. The number of carbonyl (C=O) groups excluding carboxylic acids is 1. The second kappa shape index (κ2) is 5.44. The first-order valence-corrected chi connectivity index (χ1v) is 7.47. The van der Waals surface area contributed by atoms with Crippen molar-refractivity contribution in [3.05, 3.63) is 29.8 Å². The molecule has 3 rings (SSSR count). The number of nitrogens with one attached hydrogen (secondary N) is 1. The van der Waals surface area contributed by atoms with Gasteiger partial charge >= 0.3 is 6.03 Å². The number of benzene rings is 1. The van der Waals surface area contributed by atoms with Gasteiger partial charge in [0.1, 0.15) is 0 Å². The molecule has 2 N–H and O–H groups in total. The summed E-state index contributed by atoms with van der Waals surface area (Å²) in [5.41, 5.74) is 1.58. The predicted molar refractivity (Wildman–Crippen MR) is 78.5 cm³/mol. The topological polar surface area (TPSA) is 52.6 Å². The van der Waals surface area contributed by atoms with E-state index in [2.05, 4.69) is 5.32 Å². The number of likely N-dealkylation sites (tertiary alicyclic amines) is 1. The van der Waals surface area contributed by atoms with E-state index in [1.807, 2.05) is 29.2 Å². The molecule has 1 saturated heterocycles. The lowest BCUT2D eigenvalue weighted by molar-refractivity contribution is 0.199. The molecule has 108 valence electrons. The Morgan fingerprint density at radius 2 is 2.05 bits per heavy atom. The van der Waals surface area contributed by atoms with E-state index in [1.165, 1.54) is 19.3 Å². The third kappa shape index (κ3) is 2.66. The fraction of sp³-hybridized carbons (Fsp3) is 0.562. The van der Waals surface area contributed by atoms with Gasteiger partial charge < -0.3 is 15.3 Å². The number of urea groups is 1. The molecule has 0 bridgehead atoms. The van der Waals surface area contributed by atoms with Crippen LogP contribution < -0.4 is 5.32 Å². The zero-order valence-corrected chi connectivity index (χ0v) is 11.9. The lowest BCUT2D eigenvalue weighted by Gasteiger charge is -2.18. The summed E-state index contributed by atoms with van der Waals surface area (Å²) in [7, 11) is 0. The first-order valence-electron chi connectivity index (χ1n) is 7.47.